The van der Waals surface area contributed by atoms with Crippen molar-refractivity contribution in [3.05, 3.63) is 29.8 Å². The molecule has 20 heavy (non-hydrogen) atoms. The van der Waals surface area contributed by atoms with Crippen LogP contribution in [-0.4, -0.2) is 37.7 Å². The van der Waals surface area contributed by atoms with Gasteiger partial charge in [0, 0.05) is 31.7 Å². The Morgan fingerprint density at radius 1 is 1.20 bits per heavy atom. The topological polar surface area (TPSA) is 24.5 Å². The van der Waals surface area contributed by atoms with Gasteiger partial charge in [0.25, 0.3) is 0 Å². The Labute approximate surface area is 122 Å². The van der Waals surface area contributed by atoms with Gasteiger partial charge in [0.15, 0.2) is 0 Å². The average Bonchev–Trinajstić information content (AvgIpc) is 2.89. The van der Waals surface area contributed by atoms with Gasteiger partial charge in [0.05, 0.1) is 0 Å². The van der Waals surface area contributed by atoms with E-state index in [9.17, 15) is 0 Å². The molecule has 1 aliphatic carbocycles. The van der Waals surface area contributed by atoms with Crippen LogP contribution in [0.5, 0.6) is 5.75 Å². The van der Waals surface area contributed by atoms with Gasteiger partial charge < -0.3 is 10.1 Å². The van der Waals surface area contributed by atoms with Gasteiger partial charge >= 0.3 is 0 Å². The van der Waals surface area contributed by atoms with Crippen LogP contribution in [-0.2, 0) is 6.54 Å². The molecule has 2 aliphatic rings. The Balaban J connectivity index is 1.41. The van der Waals surface area contributed by atoms with E-state index < -0.39 is 0 Å². The molecule has 1 aromatic rings. The average molecular weight is 274 g/mol. The van der Waals surface area contributed by atoms with Crippen molar-refractivity contribution < 1.29 is 4.74 Å². The van der Waals surface area contributed by atoms with Gasteiger partial charge in [-0.05, 0) is 31.4 Å². The lowest BCUT2D eigenvalue weighted by Crippen LogP contribution is -2.34. The molecule has 0 bridgehead atoms. The zero-order valence-corrected chi connectivity index (χ0v) is 12.3. The highest BCUT2D eigenvalue weighted by Gasteiger charge is 2.16. The molecule has 0 radical (unpaired) electrons. The van der Waals surface area contributed by atoms with Gasteiger partial charge in [-0.3, -0.25) is 4.90 Å². The number of hydrogen-bond donors (Lipinski definition) is 1. The van der Waals surface area contributed by atoms with E-state index in [2.05, 4.69) is 34.5 Å². The zero-order valence-electron chi connectivity index (χ0n) is 12.3. The Morgan fingerprint density at radius 3 is 2.95 bits per heavy atom. The van der Waals surface area contributed by atoms with E-state index in [1.165, 1.54) is 37.8 Å². The molecule has 0 unspecified atom stereocenters. The van der Waals surface area contributed by atoms with Crippen molar-refractivity contribution in [3.8, 4) is 5.75 Å². The molecule has 3 rings (SSSR count). The van der Waals surface area contributed by atoms with Crippen LogP contribution in [0.2, 0.25) is 0 Å². The van der Waals surface area contributed by atoms with Crippen LogP contribution in [0.15, 0.2) is 24.3 Å². The van der Waals surface area contributed by atoms with E-state index in [1.54, 1.807) is 0 Å². The Bertz CT molecular complexity index is 415. The number of rotatable bonds is 5. The molecule has 3 nitrogen and oxygen atoms in total. The Kier molecular flexibility index (Phi) is 4.93. The van der Waals surface area contributed by atoms with Crippen molar-refractivity contribution in [2.75, 3.05) is 32.8 Å². The zero-order chi connectivity index (χ0) is 13.6. The van der Waals surface area contributed by atoms with Crippen molar-refractivity contribution in [3.63, 3.8) is 0 Å². The molecule has 1 saturated carbocycles. The molecule has 0 atom stereocenters. The van der Waals surface area contributed by atoms with Crippen molar-refractivity contribution in [1.82, 2.24) is 10.2 Å². The second-order valence-corrected chi connectivity index (χ2v) is 6.09. The number of hydrogen-bond acceptors (Lipinski definition) is 3. The van der Waals surface area contributed by atoms with Crippen LogP contribution in [0.4, 0.5) is 0 Å². The molecule has 1 aliphatic heterocycles. The molecule has 0 spiro atoms. The summed E-state index contributed by atoms with van der Waals surface area (Å²) in [5, 5.41) is 3.64. The fourth-order valence-electron chi connectivity index (χ4n) is 3.33. The van der Waals surface area contributed by atoms with Crippen LogP contribution in [0, 0.1) is 5.92 Å². The fraction of sp³-hybridized carbons (Fsp3) is 0.647. The third-order valence-electron chi connectivity index (χ3n) is 4.54. The highest BCUT2D eigenvalue weighted by Crippen LogP contribution is 2.24. The second kappa shape index (κ2) is 7.09. The third kappa shape index (κ3) is 3.74. The monoisotopic (exact) mass is 274 g/mol. The van der Waals surface area contributed by atoms with E-state index in [1.807, 2.05) is 0 Å². The van der Waals surface area contributed by atoms with E-state index >= 15 is 0 Å². The number of ether oxygens (including phenoxy) is 1. The summed E-state index contributed by atoms with van der Waals surface area (Å²) in [4.78, 5) is 2.49. The van der Waals surface area contributed by atoms with Crippen LogP contribution in [0.25, 0.3) is 0 Å². The van der Waals surface area contributed by atoms with Crippen LogP contribution >= 0.6 is 0 Å². The first-order valence-corrected chi connectivity index (χ1v) is 8.05. The maximum atomic E-state index is 5.80. The van der Waals surface area contributed by atoms with Gasteiger partial charge in [0.1, 0.15) is 12.4 Å². The minimum absolute atomic E-state index is 0.805. The lowest BCUT2D eigenvalue weighted by Gasteiger charge is -2.20. The van der Waals surface area contributed by atoms with E-state index in [0.717, 1.165) is 44.5 Å². The summed E-state index contributed by atoms with van der Waals surface area (Å²) in [6.07, 6.45) is 5.73. The van der Waals surface area contributed by atoms with Gasteiger partial charge in [-0.15, -0.1) is 0 Å². The number of para-hydroxylation sites is 1. The van der Waals surface area contributed by atoms with E-state index in [-0.39, 0.29) is 0 Å². The summed E-state index contributed by atoms with van der Waals surface area (Å²) in [7, 11) is 0. The molecular weight excluding hydrogens is 248 g/mol. The minimum Gasteiger partial charge on any atom is -0.492 e. The Hall–Kier alpha value is -1.06. The maximum Gasteiger partial charge on any atom is 0.123 e. The van der Waals surface area contributed by atoms with Gasteiger partial charge in [-0.2, -0.15) is 0 Å². The lowest BCUT2D eigenvalue weighted by atomic mass is 10.1. The lowest BCUT2D eigenvalue weighted by molar-refractivity contribution is 0.225. The molecule has 0 saturated heterocycles. The standard InChI is InChI=1S/C17H26N2O/c1-2-6-15(5-1)13-18-9-10-19-11-12-20-17-8-4-3-7-16(17)14-19/h3-4,7-8,15,18H,1-2,5-6,9-14H2. The van der Waals surface area contributed by atoms with Crippen molar-refractivity contribution in [1.29, 1.82) is 0 Å². The highest BCUT2D eigenvalue weighted by atomic mass is 16.5. The molecule has 1 heterocycles. The number of nitrogens with zero attached hydrogens (tertiary/aromatic N) is 1. The molecule has 1 aromatic carbocycles. The summed E-state index contributed by atoms with van der Waals surface area (Å²) in [6, 6.07) is 8.42. The van der Waals surface area contributed by atoms with Crippen molar-refractivity contribution in [2.24, 2.45) is 5.92 Å². The van der Waals surface area contributed by atoms with Gasteiger partial charge in [-0.1, -0.05) is 31.0 Å². The molecule has 110 valence electrons. The summed E-state index contributed by atoms with van der Waals surface area (Å²) < 4.78 is 5.80. The predicted octanol–water partition coefficient (Wildman–Crippen LogP) is 2.66. The predicted molar refractivity (Wildman–Crippen MR) is 82.0 cm³/mol. The van der Waals surface area contributed by atoms with E-state index in [0.29, 0.717) is 0 Å². The minimum atomic E-state index is 0.805. The summed E-state index contributed by atoms with van der Waals surface area (Å²) in [6.45, 7) is 6.27. The fourth-order valence-corrected chi connectivity index (χ4v) is 3.33. The first-order valence-electron chi connectivity index (χ1n) is 8.05. The summed E-state index contributed by atoms with van der Waals surface area (Å²) in [5.41, 5.74) is 1.32. The second-order valence-electron chi connectivity index (χ2n) is 6.09. The van der Waals surface area contributed by atoms with Gasteiger partial charge in [-0.25, -0.2) is 0 Å². The molecular formula is C17H26N2O. The van der Waals surface area contributed by atoms with Crippen LogP contribution < -0.4 is 10.1 Å². The SMILES string of the molecule is c1ccc2c(c1)CN(CCNCC1CCCC1)CCO2. The van der Waals surface area contributed by atoms with Crippen molar-refractivity contribution in [2.45, 2.75) is 32.2 Å². The van der Waals surface area contributed by atoms with Crippen LogP contribution in [0.3, 0.4) is 0 Å². The largest absolute Gasteiger partial charge is 0.492 e. The molecule has 3 heteroatoms. The van der Waals surface area contributed by atoms with E-state index in [4.69, 9.17) is 4.74 Å². The summed E-state index contributed by atoms with van der Waals surface area (Å²) in [5.74, 6) is 2.00. The number of fused-ring (bicyclic) bond motifs is 1. The van der Waals surface area contributed by atoms with Crippen LogP contribution in [0.1, 0.15) is 31.2 Å². The molecule has 1 N–H and O–H groups in total. The quantitative estimate of drug-likeness (QED) is 0.836. The molecule has 0 amide bonds. The number of benzene rings is 1. The van der Waals surface area contributed by atoms with Crippen molar-refractivity contribution >= 4 is 0 Å². The maximum absolute atomic E-state index is 5.80. The van der Waals surface area contributed by atoms with Gasteiger partial charge in [0.2, 0.25) is 0 Å². The highest BCUT2D eigenvalue weighted by molar-refractivity contribution is 5.33. The normalized spacial score (nSPS) is 20.4. The first-order chi connectivity index (χ1) is 9.92. The summed E-state index contributed by atoms with van der Waals surface area (Å²) >= 11 is 0. The number of nitrogens with one attached hydrogen (secondary N) is 1. The molecule has 0 aromatic heterocycles. The third-order valence-corrected chi connectivity index (χ3v) is 4.54. The Morgan fingerprint density at radius 2 is 2.05 bits per heavy atom. The first kappa shape index (κ1) is 13.9. The smallest absolute Gasteiger partial charge is 0.123 e. The molecule has 1 fully saturated rings.